The zero-order chi connectivity index (χ0) is 10.8. The van der Waals surface area contributed by atoms with Gasteiger partial charge in [-0.3, -0.25) is 9.69 Å². The molecule has 0 N–H and O–H groups in total. The number of hydrogen-bond acceptors (Lipinski definition) is 4. The molecule has 0 aromatic rings. The van der Waals surface area contributed by atoms with Crippen molar-refractivity contribution < 1.29 is 14.3 Å². The maximum atomic E-state index is 11.6. The third-order valence-electron chi connectivity index (χ3n) is 3.31. The van der Waals surface area contributed by atoms with Gasteiger partial charge in [0.1, 0.15) is 5.78 Å². The van der Waals surface area contributed by atoms with Gasteiger partial charge in [-0.2, -0.15) is 0 Å². The SMILES string of the molecule is COC1CN(CC(=O)C2CC2)CC1OC. The van der Waals surface area contributed by atoms with Crippen molar-refractivity contribution in [1.82, 2.24) is 4.90 Å². The highest BCUT2D eigenvalue weighted by molar-refractivity contribution is 5.85. The summed E-state index contributed by atoms with van der Waals surface area (Å²) in [6, 6.07) is 0. The van der Waals surface area contributed by atoms with Crippen LogP contribution >= 0.6 is 0 Å². The second-order valence-corrected chi connectivity index (χ2v) is 4.48. The first-order chi connectivity index (χ1) is 7.24. The Morgan fingerprint density at radius 3 is 2.13 bits per heavy atom. The van der Waals surface area contributed by atoms with E-state index in [1.54, 1.807) is 14.2 Å². The van der Waals surface area contributed by atoms with E-state index >= 15 is 0 Å². The van der Waals surface area contributed by atoms with E-state index in [2.05, 4.69) is 4.90 Å². The van der Waals surface area contributed by atoms with E-state index in [4.69, 9.17) is 9.47 Å². The molecule has 0 spiro atoms. The summed E-state index contributed by atoms with van der Waals surface area (Å²) in [5.41, 5.74) is 0. The van der Waals surface area contributed by atoms with E-state index in [0.717, 1.165) is 25.9 Å². The minimum absolute atomic E-state index is 0.113. The van der Waals surface area contributed by atoms with Gasteiger partial charge in [0.25, 0.3) is 0 Å². The van der Waals surface area contributed by atoms with Crippen LogP contribution in [0.25, 0.3) is 0 Å². The molecule has 0 aromatic carbocycles. The second kappa shape index (κ2) is 4.60. The average Bonchev–Trinajstić information content (AvgIpc) is 3.01. The first-order valence-electron chi connectivity index (χ1n) is 5.55. The molecule has 1 saturated carbocycles. The zero-order valence-corrected chi connectivity index (χ0v) is 9.44. The molecule has 0 amide bonds. The van der Waals surface area contributed by atoms with Crippen LogP contribution in [0.5, 0.6) is 0 Å². The molecule has 0 radical (unpaired) electrons. The van der Waals surface area contributed by atoms with Crippen molar-refractivity contribution >= 4 is 5.78 Å². The quantitative estimate of drug-likeness (QED) is 0.659. The summed E-state index contributed by atoms with van der Waals surface area (Å²) in [6.07, 6.45) is 2.41. The molecule has 4 heteroatoms. The molecule has 2 unspecified atom stereocenters. The van der Waals surface area contributed by atoms with Gasteiger partial charge in [0.05, 0.1) is 18.8 Å². The van der Waals surface area contributed by atoms with Crippen LogP contribution in [0.3, 0.4) is 0 Å². The fourth-order valence-corrected chi connectivity index (χ4v) is 2.16. The van der Waals surface area contributed by atoms with E-state index in [1.165, 1.54) is 0 Å². The van der Waals surface area contributed by atoms with E-state index in [0.29, 0.717) is 18.2 Å². The highest BCUT2D eigenvalue weighted by Crippen LogP contribution is 2.30. The Balaban J connectivity index is 1.81. The van der Waals surface area contributed by atoms with Crippen molar-refractivity contribution in [3.63, 3.8) is 0 Å². The van der Waals surface area contributed by atoms with Crippen LogP contribution in [0.2, 0.25) is 0 Å². The number of ketones is 1. The summed E-state index contributed by atoms with van der Waals surface area (Å²) in [4.78, 5) is 13.8. The van der Waals surface area contributed by atoms with Crippen molar-refractivity contribution in [3.8, 4) is 0 Å². The minimum Gasteiger partial charge on any atom is -0.377 e. The molecule has 2 aliphatic rings. The van der Waals surface area contributed by atoms with Crippen molar-refractivity contribution in [2.24, 2.45) is 5.92 Å². The monoisotopic (exact) mass is 213 g/mol. The van der Waals surface area contributed by atoms with Crippen LogP contribution in [0, 0.1) is 5.92 Å². The lowest BCUT2D eigenvalue weighted by Crippen LogP contribution is -2.29. The summed E-state index contributed by atoms with van der Waals surface area (Å²) in [5.74, 6) is 0.745. The largest absolute Gasteiger partial charge is 0.377 e. The molecule has 1 saturated heterocycles. The molecule has 15 heavy (non-hydrogen) atoms. The molecule has 2 atom stereocenters. The maximum absolute atomic E-state index is 11.6. The van der Waals surface area contributed by atoms with Crippen LogP contribution < -0.4 is 0 Å². The topological polar surface area (TPSA) is 38.8 Å². The smallest absolute Gasteiger partial charge is 0.149 e. The fraction of sp³-hybridized carbons (Fsp3) is 0.909. The molecule has 0 aromatic heterocycles. The van der Waals surface area contributed by atoms with Gasteiger partial charge in [0.15, 0.2) is 0 Å². The Kier molecular flexibility index (Phi) is 3.38. The molecule has 2 rings (SSSR count). The number of ether oxygens (including phenoxy) is 2. The normalized spacial score (nSPS) is 32.1. The lowest BCUT2D eigenvalue weighted by Gasteiger charge is -2.13. The predicted octanol–water partition coefficient (Wildman–Crippen LogP) is 0.311. The van der Waals surface area contributed by atoms with Crippen molar-refractivity contribution in [3.05, 3.63) is 0 Å². The summed E-state index contributed by atoms with van der Waals surface area (Å²) in [5, 5.41) is 0. The summed E-state index contributed by atoms with van der Waals surface area (Å²) >= 11 is 0. The first-order valence-corrected chi connectivity index (χ1v) is 5.55. The second-order valence-electron chi connectivity index (χ2n) is 4.48. The van der Waals surface area contributed by atoms with E-state index in [1.807, 2.05) is 0 Å². The minimum atomic E-state index is 0.113. The number of likely N-dealkylation sites (tertiary alicyclic amines) is 1. The molecular weight excluding hydrogens is 194 g/mol. The van der Waals surface area contributed by atoms with Gasteiger partial charge in [-0.05, 0) is 12.8 Å². The Hall–Kier alpha value is -0.450. The van der Waals surface area contributed by atoms with Crippen molar-refractivity contribution in [2.45, 2.75) is 25.0 Å². The van der Waals surface area contributed by atoms with Crippen molar-refractivity contribution in [2.75, 3.05) is 33.9 Å². The third-order valence-corrected chi connectivity index (χ3v) is 3.31. The van der Waals surface area contributed by atoms with Gasteiger partial charge in [-0.15, -0.1) is 0 Å². The molecule has 1 heterocycles. The Labute approximate surface area is 90.5 Å². The van der Waals surface area contributed by atoms with Gasteiger partial charge in [0.2, 0.25) is 0 Å². The summed E-state index contributed by atoms with van der Waals surface area (Å²) in [6.45, 7) is 2.20. The average molecular weight is 213 g/mol. The highest BCUT2D eigenvalue weighted by atomic mass is 16.5. The zero-order valence-electron chi connectivity index (χ0n) is 9.44. The fourth-order valence-electron chi connectivity index (χ4n) is 2.16. The van der Waals surface area contributed by atoms with Gasteiger partial charge in [-0.1, -0.05) is 0 Å². The van der Waals surface area contributed by atoms with Crippen LogP contribution in [-0.2, 0) is 14.3 Å². The number of Topliss-reactive ketones (excluding diaryl/α,β-unsaturated/α-hetero) is 1. The van der Waals surface area contributed by atoms with Crippen LogP contribution in [0.4, 0.5) is 0 Å². The van der Waals surface area contributed by atoms with Crippen LogP contribution in [-0.4, -0.2) is 56.7 Å². The van der Waals surface area contributed by atoms with Crippen molar-refractivity contribution in [1.29, 1.82) is 0 Å². The van der Waals surface area contributed by atoms with E-state index in [9.17, 15) is 4.79 Å². The van der Waals surface area contributed by atoms with E-state index < -0.39 is 0 Å². The number of rotatable bonds is 5. The third kappa shape index (κ3) is 2.56. The Morgan fingerprint density at radius 1 is 1.20 bits per heavy atom. The first kappa shape index (κ1) is 11.0. The van der Waals surface area contributed by atoms with E-state index in [-0.39, 0.29) is 12.2 Å². The number of carbonyl (C=O) groups is 1. The van der Waals surface area contributed by atoms with Gasteiger partial charge in [-0.25, -0.2) is 0 Å². The number of hydrogen-bond donors (Lipinski definition) is 0. The summed E-state index contributed by atoms with van der Waals surface area (Å²) in [7, 11) is 3.39. The molecule has 86 valence electrons. The molecule has 4 nitrogen and oxygen atoms in total. The summed E-state index contributed by atoms with van der Waals surface area (Å²) < 4.78 is 10.6. The Morgan fingerprint density at radius 2 is 1.73 bits per heavy atom. The maximum Gasteiger partial charge on any atom is 0.149 e. The molecular formula is C11H19NO3. The highest BCUT2D eigenvalue weighted by Gasteiger charge is 2.36. The number of methoxy groups -OCH3 is 2. The van der Waals surface area contributed by atoms with Gasteiger partial charge in [0, 0.05) is 33.2 Å². The Bertz CT molecular complexity index is 228. The number of carbonyl (C=O) groups excluding carboxylic acids is 1. The lowest BCUT2D eigenvalue weighted by atomic mass is 10.2. The van der Waals surface area contributed by atoms with Gasteiger partial charge < -0.3 is 9.47 Å². The standard InChI is InChI=1S/C11H19NO3/c1-14-10-6-12(7-11(10)15-2)5-9(13)8-3-4-8/h8,10-11H,3-7H2,1-2H3. The van der Waals surface area contributed by atoms with Crippen LogP contribution in [0.15, 0.2) is 0 Å². The molecule has 1 aliphatic heterocycles. The van der Waals surface area contributed by atoms with Crippen LogP contribution in [0.1, 0.15) is 12.8 Å². The molecule has 2 fully saturated rings. The van der Waals surface area contributed by atoms with Gasteiger partial charge >= 0.3 is 0 Å². The molecule has 1 aliphatic carbocycles. The predicted molar refractivity (Wildman–Crippen MR) is 55.8 cm³/mol. The number of nitrogens with zero attached hydrogens (tertiary/aromatic N) is 1. The lowest BCUT2D eigenvalue weighted by molar-refractivity contribution is -0.121. The molecule has 0 bridgehead atoms.